The van der Waals surface area contributed by atoms with Crippen molar-refractivity contribution in [2.75, 3.05) is 13.6 Å². The molecular formula is C11H16N2O2S2. The number of aryl methyl sites for hydroxylation is 1. The summed E-state index contributed by atoms with van der Waals surface area (Å²) in [5, 5.41) is 0. The van der Waals surface area contributed by atoms with Crippen molar-refractivity contribution in [3.8, 4) is 0 Å². The first-order valence-electron chi connectivity index (χ1n) is 5.16. The highest BCUT2D eigenvalue weighted by Gasteiger charge is 2.21. The largest absolute Gasteiger partial charge is 0.393 e. The third kappa shape index (κ3) is 3.49. The molecule has 94 valence electrons. The number of benzene rings is 1. The number of hydrogen-bond acceptors (Lipinski definition) is 3. The predicted octanol–water partition coefficient (Wildman–Crippen LogP) is 1.29. The molecule has 4 nitrogen and oxygen atoms in total. The molecule has 0 saturated carbocycles. The third-order valence-corrected chi connectivity index (χ3v) is 4.68. The zero-order chi connectivity index (χ0) is 13.1. The van der Waals surface area contributed by atoms with Crippen molar-refractivity contribution >= 4 is 27.2 Å². The first kappa shape index (κ1) is 14.1. The average Bonchev–Trinajstić information content (AvgIpc) is 2.26. The van der Waals surface area contributed by atoms with Crippen LogP contribution >= 0.6 is 12.2 Å². The van der Waals surface area contributed by atoms with E-state index in [9.17, 15) is 8.42 Å². The van der Waals surface area contributed by atoms with Gasteiger partial charge < -0.3 is 5.73 Å². The molecule has 0 unspecified atom stereocenters. The van der Waals surface area contributed by atoms with Gasteiger partial charge in [0.25, 0.3) is 0 Å². The molecule has 0 fully saturated rings. The predicted molar refractivity (Wildman–Crippen MR) is 72.4 cm³/mol. The monoisotopic (exact) mass is 272 g/mol. The van der Waals surface area contributed by atoms with Gasteiger partial charge in [0.2, 0.25) is 10.0 Å². The van der Waals surface area contributed by atoms with Gasteiger partial charge in [-0.3, -0.25) is 0 Å². The van der Waals surface area contributed by atoms with Gasteiger partial charge in [0, 0.05) is 20.0 Å². The van der Waals surface area contributed by atoms with Crippen LogP contribution in [0.3, 0.4) is 0 Å². The van der Waals surface area contributed by atoms with Gasteiger partial charge in [0.15, 0.2) is 0 Å². The lowest BCUT2D eigenvalue weighted by Gasteiger charge is -2.18. The van der Waals surface area contributed by atoms with E-state index in [1.54, 1.807) is 25.1 Å². The van der Waals surface area contributed by atoms with Gasteiger partial charge in [-0.05, 0) is 18.6 Å². The fraction of sp³-hybridized carbons (Fsp3) is 0.364. The van der Waals surface area contributed by atoms with E-state index in [0.717, 1.165) is 5.56 Å². The number of rotatable bonds is 5. The van der Waals surface area contributed by atoms with Gasteiger partial charge in [-0.25, -0.2) is 12.7 Å². The van der Waals surface area contributed by atoms with Gasteiger partial charge in [-0.1, -0.05) is 30.4 Å². The number of thiocarbonyl (C=S) groups is 1. The summed E-state index contributed by atoms with van der Waals surface area (Å²) in [6.07, 6.45) is 0.386. The van der Waals surface area contributed by atoms with E-state index < -0.39 is 10.0 Å². The topological polar surface area (TPSA) is 63.4 Å². The molecular weight excluding hydrogens is 256 g/mol. The second-order valence-electron chi connectivity index (χ2n) is 3.81. The maximum absolute atomic E-state index is 12.2. The van der Waals surface area contributed by atoms with Gasteiger partial charge in [-0.15, -0.1) is 0 Å². The smallest absolute Gasteiger partial charge is 0.243 e. The van der Waals surface area contributed by atoms with Crippen molar-refractivity contribution in [1.29, 1.82) is 0 Å². The Bertz CT molecular complexity index is 512. The summed E-state index contributed by atoms with van der Waals surface area (Å²) in [6, 6.07) is 6.89. The van der Waals surface area contributed by atoms with Crippen LogP contribution in [-0.2, 0) is 10.0 Å². The number of sulfonamides is 1. The van der Waals surface area contributed by atoms with Crippen molar-refractivity contribution in [2.24, 2.45) is 5.73 Å². The molecule has 0 heterocycles. The minimum atomic E-state index is -3.45. The van der Waals surface area contributed by atoms with Crippen LogP contribution in [0.2, 0.25) is 0 Å². The Hall–Kier alpha value is -0.980. The zero-order valence-electron chi connectivity index (χ0n) is 9.88. The van der Waals surface area contributed by atoms with E-state index in [4.69, 9.17) is 18.0 Å². The molecule has 0 spiro atoms. The molecule has 0 amide bonds. The quantitative estimate of drug-likeness (QED) is 0.820. The minimum Gasteiger partial charge on any atom is -0.393 e. The Morgan fingerprint density at radius 3 is 2.53 bits per heavy atom. The highest BCUT2D eigenvalue weighted by molar-refractivity contribution is 7.89. The second-order valence-corrected chi connectivity index (χ2v) is 6.35. The summed E-state index contributed by atoms with van der Waals surface area (Å²) < 4.78 is 25.7. The summed E-state index contributed by atoms with van der Waals surface area (Å²) in [5.41, 5.74) is 6.09. The number of hydrogen-bond donors (Lipinski definition) is 1. The fourth-order valence-corrected chi connectivity index (χ4v) is 2.89. The maximum Gasteiger partial charge on any atom is 0.243 e. The van der Waals surface area contributed by atoms with Gasteiger partial charge in [-0.2, -0.15) is 0 Å². The zero-order valence-corrected chi connectivity index (χ0v) is 11.5. The van der Waals surface area contributed by atoms with Crippen LogP contribution in [0.5, 0.6) is 0 Å². The summed E-state index contributed by atoms with van der Waals surface area (Å²) in [7, 11) is -1.92. The molecule has 6 heteroatoms. The molecule has 17 heavy (non-hydrogen) atoms. The molecule has 0 aliphatic carbocycles. The molecule has 0 saturated heterocycles. The van der Waals surface area contributed by atoms with Crippen LogP contribution in [0.25, 0.3) is 0 Å². The Balaban J connectivity index is 2.96. The Morgan fingerprint density at radius 2 is 2.00 bits per heavy atom. The molecule has 0 aliphatic heterocycles. The summed E-state index contributed by atoms with van der Waals surface area (Å²) in [6.45, 7) is 2.07. The number of nitrogens with zero attached hydrogens (tertiary/aromatic N) is 1. The molecule has 0 bridgehead atoms. The molecule has 1 aromatic carbocycles. The van der Waals surface area contributed by atoms with Crippen molar-refractivity contribution in [3.05, 3.63) is 29.8 Å². The standard InChI is InChI=1S/C11H16N2O2S2/c1-9-5-3-4-6-10(9)17(14,15)13(2)8-7-11(12)16/h3-6H,7-8H2,1-2H3,(H2,12,16). The first-order valence-corrected chi connectivity index (χ1v) is 7.01. The lowest BCUT2D eigenvalue weighted by molar-refractivity contribution is 0.478. The van der Waals surface area contributed by atoms with Gasteiger partial charge in [0.1, 0.15) is 0 Å². The fourth-order valence-electron chi connectivity index (χ4n) is 1.40. The van der Waals surface area contributed by atoms with Crippen molar-refractivity contribution in [3.63, 3.8) is 0 Å². The third-order valence-electron chi connectivity index (χ3n) is 2.45. The van der Waals surface area contributed by atoms with Crippen LogP contribution in [0.4, 0.5) is 0 Å². The van der Waals surface area contributed by atoms with Crippen LogP contribution in [0.1, 0.15) is 12.0 Å². The van der Waals surface area contributed by atoms with E-state index in [1.807, 2.05) is 6.07 Å². The van der Waals surface area contributed by atoms with E-state index in [2.05, 4.69) is 0 Å². The van der Waals surface area contributed by atoms with Crippen LogP contribution in [-0.4, -0.2) is 31.3 Å². The summed E-state index contributed by atoms with van der Waals surface area (Å²) >= 11 is 4.74. The maximum atomic E-state index is 12.2. The van der Waals surface area contributed by atoms with Crippen molar-refractivity contribution < 1.29 is 8.42 Å². The molecule has 0 radical (unpaired) electrons. The Morgan fingerprint density at radius 1 is 1.41 bits per heavy atom. The van der Waals surface area contributed by atoms with E-state index in [0.29, 0.717) is 22.8 Å². The van der Waals surface area contributed by atoms with Gasteiger partial charge >= 0.3 is 0 Å². The van der Waals surface area contributed by atoms with Crippen LogP contribution in [0.15, 0.2) is 29.2 Å². The lowest BCUT2D eigenvalue weighted by atomic mass is 10.2. The summed E-state index contributed by atoms with van der Waals surface area (Å²) in [5.74, 6) is 0. The first-order chi connectivity index (χ1) is 7.85. The highest BCUT2D eigenvalue weighted by atomic mass is 32.2. The van der Waals surface area contributed by atoms with Crippen molar-refractivity contribution in [2.45, 2.75) is 18.2 Å². The SMILES string of the molecule is Cc1ccccc1S(=O)(=O)N(C)CCC(N)=S. The van der Waals surface area contributed by atoms with Crippen LogP contribution in [0, 0.1) is 6.92 Å². The molecule has 0 atom stereocenters. The van der Waals surface area contributed by atoms with E-state index in [1.165, 1.54) is 11.4 Å². The Labute approximate surface area is 107 Å². The molecule has 1 rings (SSSR count). The molecule has 1 aromatic rings. The molecule has 0 aromatic heterocycles. The molecule has 0 aliphatic rings. The van der Waals surface area contributed by atoms with Crippen LogP contribution < -0.4 is 5.73 Å². The Kier molecular flexibility index (Phi) is 4.62. The molecule has 2 N–H and O–H groups in total. The minimum absolute atomic E-state index is 0.298. The second kappa shape index (κ2) is 5.57. The van der Waals surface area contributed by atoms with E-state index >= 15 is 0 Å². The lowest BCUT2D eigenvalue weighted by Crippen LogP contribution is -2.30. The van der Waals surface area contributed by atoms with E-state index in [-0.39, 0.29) is 0 Å². The summed E-state index contributed by atoms with van der Waals surface area (Å²) in [4.78, 5) is 0.641. The average molecular weight is 272 g/mol. The van der Waals surface area contributed by atoms with Gasteiger partial charge in [0.05, 0.1) is 9.88 Å². The number of nitrogens with two attached hydrogens (primary N) is 1. The normalized spacial score (nSPS) is 11.7. The van der Waals surface area contributed by atoms with Crippen molar-refractivity contribution in [1.82, 2.24) is 4.31 Å². The highest BCUT2D eigenvalue weighted by Crippen LogP contribution is 2.18.